The second-order valence-corrected chi connectivity index (χ2v) is 3.89. The second-order valence-electron chi connectivity index (χ2n) is 2.98. The molecule has 0 atom stereocenters. The van der Waals surface area contributed by atoms with E-state index in [0.29, 0.717) is 10.3 Å². The first kappa shape index (κ1) is 16.9. The molecule has 0 radical (unpaired) electrons. The standard InChI is InChI=1S/C9H6F3NS.2C2H6/c1-5-2-13-3-7-8(5)6(4-14-7)9(10,11)12;2*1-2/h2-4H,1H3;2*1-2H3. The maximum Gasteiger partial charge on any atom is 0.417 e. The molecule has 0 saturated heterocycles. The molecule has 0 aliphatic rings. The van der Waals surface area contributed by atoms with Crippen LogP contribution in [0.2, 0.25) is 0 Å². The molecule has 0 aliphatic carbocycles. The fraction of sp³-hybridized carbons (Fsp3) is 0.462. The molecule has 2 rings (SSSR count). The van der Waals surface area contributed by atoms with Gasteiger partial charge in [0.1, 0.15) is 0 Å². The van der Waals surface area contributed by atoms with Gasteiger partial charge in [-0.15, -0.1) is 11.3 Å². The maximum atomic E-state index is 12.5. The molecule has 2 aromatic rings. The van der Waals surface area contributed by atoms with E-state index in [1.165, 1.54) is 12.4 Å². The summed E-state index contributed by atoms with van der Waals surface area (Å²) in [6, 6.07) is 0. The Labute approximate surface area is 110 Å². The lowest BCUT2D eigenvalue weighted by Gasteiger charge is -2.05. The van der Waals surface area contributed by atoms with Crippen molar-refractivity contribution in [2.24, 2.45) is 0 Å². The second kappa shape index (κ2) is 7.36. The zero-order valence-electron chi connectivity index (χ0n) is 11.2. The first-order valence-corrected chi connectivity index (χ1v) is 6.77. The molecule has 0 aliphatic heterocycles. The number of rotatable bonds is 0. The molecule has 0 bridgehead atoms. The number of pyridine rings is 1. The van der Waals surface area contributed by atoms with Crippen LogP contribution in [0.1, 0.15) is 38.8 Å². The number of thiophene rings is 1. The first-order chi connectivity index (χ1) is 8.50. The molecule has 0 aromatic carbocycles. The molecule has 0 N–H and O–H groups in total. The largest absolute Gasteiger partial charge is 0.417 e. The molecule has 2 heterocycles. The van der Waals surface area contributed by atoms with E-state index in [9.17, 15) is 13.2 Å². The summed E-state index contributed by atoms with van der Waals surface area (Å²) in [5.74, 6) is 0. The SMILES string of the molecule is CC.CC.Cc1cncc2scc(C(F)(F)F)c12. The number of hydrogen-bond donors (Lipinski definition) is 0. The van der Waals surface area contributed by atoms with Gasteiger partial charge in [-0.2, -0.15) is 13.2 Å². The van der Waals surface area contributed by atoms with E-state index in [0.717, 1.165) is 16.7 Å². The molecule has 5 heteroatoms. The van der Waals surface area contributed by atoms with Crippen molar-refractivity contribution in [2.45, 2.75) is 40.8 Å². The van der Waals surface area contributed by atoms with Crippen molar-refractivity contribution >= 4 is 21.4 Å². The van der Waals surface area contributed by atoms with Crippen LogP contribution in [0.3, 0.4) is 0 Å². The lowest BCUT2D eigenvalue weighted by atomic mass is 10.1. The van der Waals surface area contributed by atoms with Crippen LogP contribution < -0.4 is 0 Å². The Hall–Kier alpha value is -1.10. The molecule has 0 saturated carbocycles. The molecule has 102 valence electrons. The highest BCUT2D eigenvalue weighted by Gasteiger charge is 2.34. The van der Waals surface area contributed by atoms with Crippen LogP contribution >= 0.6 is 11.3 Å². The predicted molar refractivity (Wildman–Crippen MR) is 72.1 cm³/mol. The average molecular weight is 277 g/mol. The molecular weight excluding hydrogens is 259 g/mol. The highest BCUT2D eigenvalue weighted by atomic mass is 32.1. The minimum absolute atomic E-state index is 0.275. The fourth-order valence-corrected chi connectivity index (χ4v) is 2.37. The van der Waals surface area contributed by atoms with Gasteiger partial charge >= 0.3 is 6.18 Å². The van der Waals surface area contributed by atoms with Crippen molar-refractivity contribution in [1.29, 1.82) is 0 Å². The van der Waals surface area contributed by atoms with Crippen LogP contribution in [-0.2, 0) is 6.18 Å². The Morgan fingerprint density at radius 1 is 1.06 bits per heavy atom. The van der Waals surface area contributed by atoms with Gasteiger partial charge in [-0.3, -0.25) is 4.98 Å². The third-order valence-electron chi connectivity index (χ3n) is 1.98. The van der Waals surface area contributed by atoms with Gasteiger partial charge in [0.15, 0.2) is 0 Å². The number of hydrogen-bond acceptors (Lipinski definition) is 2. The van der Waals surface area contributed by atoms with E-state index in [4.69, 9.17) is 0 Å². The number of fused-ring (bicyclic) bond motifs is 1. The van der Waals surface area contributed by atoms with Crippen molar-refractivity contribution < 1.29 is 13.2 Å². The summed E-state index contributed by atoms with van der Waals surface area (Å²) in [7, 11) is 0. The van der Waals surface area contributed by atoms with Crippen LogP contribution in [0, 0.1) is 6.92 Å². The summed E-state index contributed by atoms with van der Waals surface area (Å²) in [5.41, 5.74) is 0.00785. The van der Waals surface area contributed by atoms with Crippen molar-refractivity contribution in [1.82, 2.24) is 4.98 Å². The van der Waals surface area contributed by atoms with E-state index < -0.39 is 11.7 Å². The van der Waals surface area contributed by atoms with Gasteiger partial charge in [-0.25, -0.2) is 0 Å². The maximum absolute atomic E-state index is 12.5. The first-order valence-electron chi connectivity index (χ1n) is 5.89. The molecule has 1 nitrogen and oxygen atoms in total. The summed E-state index contributed by atoms with van der Waals surface area (Å²) in [5, 5.41) is 1.41. The molecule has 0 amide bonds. The highest BCUT2D eigenvalue weighted by molar-refractivity contribution is 7.17. The van der Waals surface area contributed by atoms with Crippen molar-refractivity contribution in [3.63, 3.8) is 0 Å². The quantitative estimate of drug-likeness (QED) is 0.604. The summed E-state index contributed by atoms with van der Waals surface area (Å²) in [6.45, 7) is 9.64. The summed E-state index contributed by atoms with van der Waals surface area (Å²) < 4.78 is 38.1. The smallest absolute Gasteiger partial charge is 0.263 e. The Kier molecular flexibility index (Phi) is 6.91. The molecule has 18 heavy (non-hydrogen) atoms. The number of aryl methyl sites for hydroxylation is 1. The highest BCUT2D eigenvalue weighted by Crippen LogP contribution is 2.39. The monoisotopic (exact) mass is 277 g/mol. The van der Waals surface area contributed by atoms with Gasteiger partial charge in [-0.1, -0.05) is 27.7 Å². The van der Waals surface area contributed by atoms with Crippen LogP contribution in [0.5, 0.6) is 0 Å². The third kappa shape index (κ3) is 3.70. The minimum atomic E-state index is -4.27. The lowest BCUT2D eigenvalue weighted by molar-refractivity contribution is -0.136. The number of aromatic nitrogens is 1. The van der Waals surface area contributed by atoms with E-state index >= 15 is 0 Å². The summed E-state index contributed by atoms with van der Waals surface area (Å²) in [4.78, 5) is 3.85. The Morgan fingerprint density at radius 2 is 1.61 bits per heavy atom. The van der Waals surface area contributed by atoms with Gasteiger partial charge in [0.25, 0.3) is 0 Å². The van der Waals surface area contributed by atoms with Gasteiger partial charge < -0.3 is 0 Å². The molecule has 0 unspecified atom stereocenters. The van der Waals surface area contributed by atoms with Crippen LogP contribution in [-0.4, -0.2) is 4.98 Å². The average Bonchev–Trinajstić information content (AvgIpc) is 2.79. The topological polar surface area (TPSA) is 12.9 Å². The predicted octanol–water partition coefficient (Wildman–Crippen LogP) is 5.68. The molecule has 2 aromatic heterocycles. The van der Waals surface area contributed by atoms with Crippen molar-refractivity contribution in [2.75, 3.05) is 0 Å². The van der Waals surface area contributed by atoms with Crippen LogP contribution in [0.15, 0.2) is 17.8 Å². The van der Waals surface area contributed by atoms with Gasteiger partial charge in [-0.05, 0) is 12.5 Å². The van der Waals surface area contributed by atoms with E-state index in [1.54, 1.807) is 6.92 Å². The Balaban J connectivity index is 0.000000659. The molecule has 0 fully saturated rings. The van der Waals surface area contributed by atoms with Crippen molar-refractivity contribution in [3.05, 3.63) is 28.9 Å². The lowest BCUT2D eigenvalue weighted by Crippen LogP contribution is -2.03. The fourth-order valence-electron chi connectivity index (χ4n) is 1.36. The zero-order chi connectivity index (χ0) is 14.3. The van der Waals surface area contributed by atoms with Crippen LogP contribution in [0.25, 0.3) is 10.1 Å². The van der Waals surface area contributed by atoms with Gasteiger partial charge in [0.2, 0.25) is 0 Å². The summed E-state index contributed by atoms with van der Waals surface area (Å²) in [6.07, 6.45) is -1.36. The Morgan fingerprint density at radius 3 is 2.11 bits per heavy atom. The number of halogens is 3. The zero-order valence-corrected chi connectivity index (χ0v) is 12.0. The van der Waals surface area contributed by atoms with E-state index in [1.807, 2.05) is 27.7 Å². The van der Waals surface area contributed by atoms with Gasteiger partial charge in [0, 0.05) is 23.2 Å². The van der Waals surface area contributed by atoms with E-state index in [-0.39, 0.29) is 5.39 Å². The summed E-state index contributed by atoms with van der Waals surface area (Å²) >= 11 is 1.07. The number of nitrogens with zero attached hydrogens (tertiary/aromatic N) is 1. The van der Waals surface area contributed by atoms with Crippen molar-refractivity contribution in [3.8, 4) is 0 Å². The van der Waals surface area contributed by atoms with E-state index in [2.05, 4.69) is 4.98 Å². The normalized spacial score (nSPS) is 10.2. The molecular formula is C13H18F3NS. The third-order valence-corrected chi connectivity index (χ3v) is 2.90. The van der Waals surface area contributed by atoms with Crippen LogP contribution in [0.4, 0.5) is 13.2 Å². The Bertz CT molecular complexity index is 475. The molecule has 0 spiro atoms. The minimum Gasteiger partial charge on any atom is -0.263 e. The van der Waals surface area contributed by atoms with Gasteiger partial charge in [0.05, 0.1) is 10.3 Å². The number of alkyl halides is 3.